The SMILES string of the molecule is CC(C)(C)O.COC(=O)Cc1c(C)nc2cc3nn2c1N1CCC(C)(CC1)OC/C=C\COc1ccc(F)cc1-c1cccc-3c1. The van der Waals surface area contributed by atoms with Crippen molar-refractivity contribution in [1.82, 2.24) is 14.6 Å². The quantitative estimate of drug-likeness (QED) is 0.203. The first-order chi connectivity index (χ1) is 21.8. The average Bonchev–Trinajstić information content (AvgIpc) is 3.43. The molecule has 2 aromatic heterocycles. The van der Waals surface area contributed by atoms with Crippen molar-refractivity contribution in [1.29, 1.82) is 0 Å². The summed E-state index contributed by atoms with van der Waals surface area (Å²) < 4.78 is 33.6. The minimum Gasteiger partial charge on any atom is -0.489 e. The molecule has 1 N–H and O–H groups in total. The number of rotatable bonds is 2. The molecular formula is C36H43FN4O5. The van der Waals surface area contributed by atoms with Gasteiger partial charge in [0.1, 0.15) is 24.0 Å². The molecule has 1 saturated heterocycles. The lowest BCUT2D eigenvalue weighted by Gasteiger charge is -2.40. The van der Waals surface area contributed by atoms with Crippen molar-refractivity contribution in [2.75, 3.05) is 38.3 Å². The summed E-state index contributed by atoms with van der Waals surface area (Å²) in [5.74, 6) is 0.771. The summed E-state index contributed by atoms with van der Waals surface area (Å²) in [5, 5.41) is 13.5. The molecule has 4 aromatic rings. The van der Waals surface area contributed by atoms with Gasteiger partial charge in [0.25, 0.3) is 0 Å². The fourth-order valence-corrected chi connectivity index (χ4v) is 5.58. The Balaban J connectivity index is 0.000000775. The summed E-state index contributed by atoms with van der Waals surface area (Å²) in [7, 11) is 1.40. The van der Waals surface area contributed by atoms with Crippen molar-refractivity contribution < 1.29 is 28.5 Å². The molecule has 3 aliphatic heterocycles. The molecule has 0 saturated carbocycles. The minimum atomic E-state index is -0.500. The van der Waals surface area contributed by atoms with Crippen molar-refractivity contribution in [2.24, 2.45) is 0 Å². The molecule has 10 heteroatoms. The monoisotopic (exact) mass is 630 g/mol. The van der Waals surface area contributed by atoms with Gasteiger partial charge in [-0.3, -0.25) is 4.79 Å². The molecule has 0 aliphatic carbocycles. The first kappa shape index (κ1) is 33.1. The third-order valence-corrected chi connectivity index (χ3v) is 7.99. The molecule has 5 heterocycles. The van der Waals surface area contributed by atoms with Gasteiger partial charge in [-0.15, -0.1) is 0 Å². The number of aryl methyl sites for hydroxylation is 1. The molecule has 0 amide bonds. The van der Waals surface area contributed by atoms with E-state index in [9.17, 15) is 9.18 Å². The summed E-state index contributed by atoms with van der Waals surface area (Å²) in [6, 6.07) is 14.3. The number of esters is 1. The number of fused-ring (bicyclic) bond motifs is 6. The highest BCUT2D eigenvalue weighted by atomic mass is 19.1. The molecule has 3 aliphatic rings. The summed E-state index contributed by atoms with van der Waals surface area (Å²) in [4.78, 5) is 19.5. The van der Waals surface area contributed by atoms with Crippen LogP contribution in [0.2, 0.25) is 0 Å². The Labute approximate surface area is 269 Å². The Morgan fingerprint density at radius 1 is 1.07 bits per heavy atom. The number of aliphatic hydroxyl groups is 1. The topological polar surface area (TPSA) is 98.4 Å². The Kier molecular flexibility index (Phi) is 9.79. The highest BCUT2D eigenvalue weighted by Gasteiger charge is 2.33. The van der Waals surface area contributed by atoms with E-state index in [1.54, 1.807) is 26.8 Å². The second kappa shape index (κ2) is 13.6. The number of hydrogen-bond donors (Lipinski definition) is 1. The Morgan fingerprint density at radius 3 is 2.48 bits per heavy atom. The Bertz CT molecular complexity index is 1730. The predicted octanol–water partition coefficient (Wildman–Crippen LogP) is 6.33. The van der Waals surface area contributed by atoms with Crippen LogP contribution in [0.3, 0.4) is 0 Å². The van der Waals surface area contributed by atoms with Crippen molar-refractivity contribution in [2.45, 2.75) is 65.1 Å². The predicted molar refractivity (Wildman–Crippen MR) is 177 cm³/mol. The van der Waals surface area contributed by atoms with Crippen LogP contribution >= 0.6 is 0 Å². The van der Waals surface area contributed by atoms with E-state index in [0.29, 0.717) is 30.2 Å². The van der Waals surface area contributed by atoms with E-state index < -0.39 is 5.60 Å². The molecule has 1 fully saturated rings. The number of nitrogens with zero attached hydrogens (tertiary/aromatic N) is 4. The van der Waals surface area contributed by atoms with Gasteiger partial charge in [-0.2, -0.15) is 9.61 Å². The molecule has 6 bridgehead atoms. The number of methoxy groups -OCH3 is 1. The van der Waals surface area contributed by atoms with Gasteiger partial charge in [0.15, 0.2) is 5.65 Å². The first-order valence-corrected chi connectivity index (χ1v) is 15.6. The number of carbonyl (C=O) groups is 1. The van der Waals surface area contributed by atoms with Gasteiger partial charge < -0.3 is 24.2 Å². The number of anilines is 1. The van der Waals surface area contributed by atoms with E-state index in [-0.39, 0.29) is 23.8 Å². The van der Waals surface area contributed by atoms with E-state index in [1.807, 2.05) is 53.9 Å². The van der Waals surface area contributed by atoms with E-state index in [1.165, 1.54) is 19.2 Å². The number of benzene rings is 2. The molecule has 0 atom stereocenters. The molecule has 7 rings (SSSR count). The third-order valence-electron chi connectivity index (χ3n) is 7.99. The van der Waals surface area contributed by atoms with Crippen molar-refractivity contribution >= 4 is 17.4 Å². The van der Waals surface area contributed by atoms with E-state index in [0.717, 1.165) is 59.8 Å². The molecule has 2 aromatic carbocycles. The molecule has 0 radical (unpaired) electrons. The lowest BCUT2D eigenvalue weighted by molar-refractivity contribution is -0.139. The van der Waals surface area contributed by atoms with Gasteiger partial charge in [0.2, 0.25) is 0 Å². The van der Waals surface area contributed by atoms with Gasteiger partial charge in [0.05, 0.1) is 37.0 Å². The number of carbonyl (C=O) groups excluding carboxylic acids is 1. The maximum absolute atomic E-state index is 14.4. The van der Waals surface area contributed by atoms with Gasteiger partial charge in [-0.25, -0.2) is 9.37 Å². The molecule has 244 valence electrons. The maximum atomic E-state index is 14.4. The number of ether oxygens (including phenoxy) is 3. The largest absolute Gasteiger partial charge is 0.489 e. The Morgan fingerprint density at radius 2 is 1.76 bits per heavy atom. The molecule has 0 unspecified atom stereocenters. The van der Waals surface area contributed by atoms with Crippen molar-refractivity contribution in [3.05, 3.63) is 77.8 Å². The van der Waals surface area contributed by atoms with Crippen LogP contribution in [0, 0.1) is 12.7 Å². The summed E-state index contributed by atoms with van der Waals surface area (Å²) in [6.45, 7) is 11.6. The smallest absolute Gasteiger partial charge is 0.310 e. The van der Waals surface area contributed by atoms with Crippen LogP contribution in [0.25, 0.3) is 28.0 Å². The summed E-state index contributed by atoms with van der Waals surface area (Å²) >= 11 is 0. The number of hydrogen-bond acceptors (Lipinski definition) is 8. The normalized spacial score (nSPS) is 16.7. The summed E-state index contributed by atoms with van der Waals surface area (Å²) in [5.41, 5.74) is 4.51. The highest BCUT2D eigenvalue weighted by molar-refractivity contribution is 5.78. The number of piperidine rings is 1. The standard InChI is InChI=1S/C32H33FN4O4.C4H10O/c1-21-25(19-30(38)39-3)31-36-13-11-32(2,12-14-36)41-16-5-4-15-40-28-10-9-24(33)18-26(28)22-7-6-8-23(17-22)27-20-29(34-21)37(31)35-27;1-4(2,3)5/h4-10,17-18,20H,11-16,19H2,1-3H3;5H,1-3H3/b5-4-;. The molecular weight excluding hydrogens is 587 g/mol. The van der Waals surface area contributed by atoms with Gasteiger partial charge >= 0.3 is 5.97 Å². The van der Waals surface area contributed by atoms with Crippen LogP contribution in [0.15, 0.2) is 60.7 Å². The van der Waals surface area contributed by atoms with Crippen molar-refractivity contribution in [3.63, 3.8) is 0 Å². The van der Waals surface area contributed by atoms with E-state index in [4.69, 9.17) is 29.4 Å². The van der Waals surface area contributed by atoms with Crippen LogP contribution < -0.4 is 9.64 Å². The Hall–Kier alpha value is -4.28. The summed E-state index contributed by atoms with van der Waals surface area (Å²) in [6.07, 6.45) is 5.62. The third kappa shape index (κ3) is 7.92. The van der Waals surface area contributed by atoms with E-state index >= 15 is 0 Å². The van der Waals surface area contributed by atoms with Crippen molar-refractivity contribution in [3.8, 4) is 28.1 Å². The van der Waals surface area contributed by atoms with Gasteiger partial charge in [0, 0.05) is 41.5 Å². The van der Waals surface area contributed by atoms with Crippen LogP contribution in [-0.4, -0.2) is 70.3 Å². The lowest BCUT2D eigenvalue weighted by Crippen LogP contribution is -2.45. The molecule has 9 nitrogen and oxygen atoms in total. The average molecular weight is 631 g/mol. The minimum absolute atomic E-state index is 0.0999. The molecule has 0 spiro atoms. The van der Waals surface area contributed by atoms with Crippen LogP contribution in [0.5, 0.6) is 5.75 Å². The zero-order valence-electron chi connectivity index (χ0n) is 27.5. The fourth-order valence-electron chi connectivity index (χ4n) is 5.58. The van der Waals surface area contributed by atoms with Crippen LogP contribution in [0.1, 0.15) is 51.8 Å². The zero-order valence-corrected chi connectivity index (χ0v) is 27.5. The van der Waals surface area contributed by atoms with Crippen LogP contribution in [-0.2, 0) is 20.7 Å². The van der Waals surface area contributed by atoms with Gasteiger partial charge in [-0.05, 0) is 83.4 Å². The lowest BCUT2D eigenvalue weighted by atomic mass is 9.93. The number of halogens is 1. The second-order valence-electron chi connectivity index (χ2n) is 13.0. The van der Waals surface area contributed by atoms with Crippen LogP contribution in [0.4, 0.5) is 10.2 Å². The highest BCUT2D eigenvalue weighted by Crippen LogP contribution is 2.36. The second-order valence-corrected chi connectivity index (χ2v) is 13.0. The van der Waals surface area contributed by atoms with Gasteiger partial charge in [-0.1, -0.05) is 24.3 Å². The first-order valence-electron chi connectivity index (χ1n) is 15.6. The zero-order chi connectivity index (χ0) is 33.1. The molecule has 46 heavy (non-hydrogen) atoms. The number of aromatic nitrogens is 3. The maximum Gasteiger partial charge on any atom is 0.310 e. The van der Waals surface area contributed by atoms with E-state index in [2.05, 4.69) is 11.8 Å². The fraction of sp³-hybridized carbons (Fsp3) is 0.417.